The van der Waals surface area contributed by atoms with Gasteiger partial charge in [-0.15, -0.1) is 0 Å². The Morgan fingerprint density at radius 3 is 2.39 bits per heavy atom. The first-order chi connectivity index (χ1) is 13.3. The van der Waals surface area contributed by atoms with E-state index in [1.54, 1.807) is 12.1 Å². The molecule has 2 aromatic rings. The summed E-state index contributed by atoms with van der Waals surface area (Å²) in [5.74, 6) is -1.32. The molecule has 2 aromatic carbocycles. The van der Waals surface area contributed by atoms with Crippen molar-refractivity contribution in [3.63, 3.8) is 0 Å². The van der Waals surface area contributed by atoms with Crippen LogP contribution >= 0.6 is 0 Å². The van der Waals surface area contributed by atoms with Gasteiger partial charge in [-0.25, -0.2) is 13.1 Å². The Morgan fingerprint density at radius 1 is 1.04 bits per heavy atom. The Labute approximate surface area is 164 Å². The fourth-order valence-corrected chi connectivity index (χ4v) is 2.85. The average molecular weight is 402 g/mol. The number of aryl methyl sites for hydroxylation is 1. The molecule has 0 aliphatic carbocycles. The lowest BCUT2D eigenvalue weighted by atomic mass is 10.2. The van der Waals surface area contributed by atoms with Crippen molar-refractivity contribution in [1.82, 2.24) is 10.0 Å². The number of amides is 1. The van der Waals surface area contributed by atoms with Crippen LogP contribution in [-0.2, 0) is 30.9 Å². The Bertz CT molecular complexity index is 923. The fraction of sp³-hybridized carbons (Fsp3) is 0.200. The van der Waals surface area contributed by atoms with Crippen LogP contribution in [0, 0.1) is 6.92 Å². The van der Waals surface area contributed by atoms with Crippen LogP contribution in [0.5, 0.6) is 0 Å². The third kappa shape index (κ3) is 8.15. The molecule has 28 heavy (non-hydrogen) atoms. The van der Waals surface area contributed by atoms with Gasteiger partial charge in [-0.2, -0.15) is 0 Å². The number of rotatable bonds is 9. The summed E-state index contributed by atoms with van der Waals surface area (Å²) in [5, 5.41) is 3.57. The minimum absolute atomic E-state index is 0.313. The first-order valence-corrected chi connectivity index (χ1v) is 10.1. The molecule has 0 bridgehead atoms. The molecule has 0 fully saturated rings. The number of sulfonamides is 1. The van der Waals surface area contributed by atoms with E-state index in [1.165, 1.54) is 6.08 Å². The van der Waals surface area contributed by atoms with Gasteiger partial charge < -0.3 is 10.1 Å². The molecule has 0 unspecified atom stereocenters. The van der Waals surface area contributed by atoms with E-state index in [2.05, 4.69) is 10.0 Å². The number of esters is 1. The Morgan fingerprint density at radius 2 is 1.71 bits per heavy atom. The van der Waals surface area contributed by atoms with Crippen molar-refractivity contribution in [2.24, 2.45) is 0 Å². The highest BCUT2D eigenvalue weighted by Gasteiger charge is 2.11. The topological polar surface area (TPSA) is 102 Å². The molecule has 0 radical (unpaired) electrons. The highest BCUT2D eigenvalue weighted by Crippen LogP contribution is 2.06. The van der Waals surface area contributed by atoms with Crippen LogP contribution < -0.4 is 10.0 Å². The van der Waals surface area contributed by atoms with E-state index in [4.69, 9.17) is 4.74 Å². The number of hydrogen-bond acceptors (Lipinski definition) is 5. The quantitative estimate of drug-likeness (QED) is 0.622. The first kappa shape index (κ1) is 21.3. The lowest BCUT2D eigenvalue weighted by Crippen LogP contribution is -2.33. The lowest BCUT2D eigenvalue weighted by molar-refractivity contribution is -0.147. The van der Waals surface area contributed by atoms with Gasteiger partial charge in [-0.1, -0.05) is 60.2 Å². The maximum atomic E-state index is 11.9. The van der Waals surface area contributed by atoms with Crippen molar-refractivity contribution in [2.45, 2.75) is 13.5 Å². The Balaban J connectivity index is 1.70. The second-order valence-corrected chi connectivity index (χ2v) is 7.65. The average Bonchev–Trinajstić information content (AvgIpc) is 2.69. The highest BCUT2D eigenvalue weighted by atomic mass is 32.2. The number of benzene rings is 2. The number of hydrogen-bond donors (Lipinski definition) is 2. The van der Waals surface area contributed by atoms with Crippen molar-refractivity contribution in [3.05, 3.63) is 76.7 Å². The molecule has 0 spiro atoms. The van der Waals surface area contributed by atoms with Crippen molar-refractivity contribution in [1.29, 1.82) is 0 Å². The zero-order valence-electron chi connectivity index (χ0n) is 15.4. The van der Waals surface area contributed by atoms with Crippen molar-refractivity contribution < 1.29 is 22.7 Å². The van der Waals surface area contributed by atoms with Gasteiger partial charge in [0.05, 0.1) is 0 Å². The molecule has 7 nitrogen and oxygen atoms in total. The second kappa shape index (κ2) is 10.4. The number of ether oxygens (including phenoxy) is 1. The van der Waals surface area contributed by atoms with E-state index in [9.17, 15) is 18.0 Å². The summed E-state index contributed by atoms with van der Waals surface area (Å²) in [6.07, 6.45) is 1.42. The third-order valence-corrected chi connectivity index (χ3v) is 4.67. The summed E-state index contributed by atoms with van der Waals surface area (Å²) in [7, 11) is -3.80. The monoisotopic (exact) mass is 402 g/mol. The predicted molar refractivity (Wildman–Crippen MR) is 106 cm³/mol. The van der Waals surface area contributed by atoms with E-state index in [0.717, 1.165) is 16.5 Å². The van der Waals surface area contributed by atoms with Crippen LogP contribution in [0.15, 0.2) is 60.0 Å². The number of carbonyl (C=O) groups excluding carboxylic acids is 2. The number of nitrogens with one attached hydrogen (secondary N) is 2. The molecule has 148 valence electrons. The zero-order chi connectivity index (χ0) is 20.4. The molecule has 0 aliphatic rings. The standard InChI is InChI=1S/C20H22N2O5S/c1-16-7-9-17(10-8-16)11-12-28(25,26)22-14-20(24)27-15-19(23)21-13-18-5-3-2-4-6-18/h2-12,22H,13-15H2,1H3,(H,21,23)/b12-11+. The number of carbonyl (C=O) groups is 2. The molecule has 0 aromatic heterocycles. The third-order valence-electron chi connectivity index (χ3n) is 3.63. The smallest absolute Gasteiger partial charge is 0.321 e. The van der Waals surface area contributed by atoms with Crippen LogP contribution in [-0.4, -0.2) is 33.4 Å². The summed E-state index contributed by atoms with van der Waals surface area (Å²) in [5.41, 5.74) is 2.69. The first-order valence-electron chi connectivity index (χ1n) is 8.55. The molecule has 2 N–H and O–H groups in total. The molecular formula is C20H22N2O5S. The summed E-state index contributed by atoms with van der Waals surface area (Å²) in [6.45, 7) is 1.20. The molecule has 2 rings (SSSR count). The molecule has 0 saturated carbocycles. The Kier molecular flexibility index (Phi) is 7.91. The van der Waals surface area contributed by atoms with Gasteiger partial charge in [0, 0.05) is 12.0 Å². The van der Waals surface area contributed by atoms with E-state index < -0.39 is 35.1 Å². The van der Waals surface area contributed by atoms with E-state index in [1.807, 2.05) is 49.4 Å². The molecule has 0 atom stereocenters. The largest absolute Gasteiger partial charge is 0.455 e. The van der Waals surface area contributed by atoms with Gasteiger partial charge >= 0.3 is 5.97 Å². The molecule has 8 heteroatoms. The zero-order valence-corrected chi connectivity index (χ0v) is 16.2. The Hall–Kier alpha value is -2.97. The molecule has 0 aliphatic heterocycles. The van der Waals surface area contributed by atoms with E-state index >= 15 is 0 Å². The molecule has 1 amide bonds. The summed E-state index contributed by atoms with van der Waals surface area (Å²) >= 11 is 0. The summed E-state index contributed by atoms with van der Waals surface area (Å²) in [4.78, 5) is 23.3. The van der Waals surface area contributed by atoms with E-state index in [-0.39, 0.29) is 0 Å². The normalized spacial score (nSPS) is 11.3. The lowest BCUT2D eigenvalue weighted by Gasteiger charge is -2.07. The molecule has 0 heterocycles. The second-order valence-electron chi connectivity index (χ2n) is 6.00. The van der Waals surface area contributed by atoms with Crippen molar-refractivity contribution >= 4 is 28.0 Å². The minimum atomic E-state index is -3.80. The fourth-order valence-electron chi connectivity index (χ4n) is 2.10. The van der Waals surface area contributed by atoms with Gasteiger partial charge in [-0.3, -0.25) is 9.59 Å². The van der Waals surface area contributed by atoms with Crippen LogP contribution in [0.4, 0.5) is 0 Å². The minimum Gasteiger partial charge on any atom is -0.455 e. The van der Waals surface area contributed by atoms with Gasteiger partial charge in [0.25, 0.3) is 5.91 Å². The maximum Gasteiger partial charge on any atom is 0.321 e. The van der Waals surface area contributed by atoms with Gasteiger partial charge in [0.1, 0.15) is 6.54 Å². The van der Waals surface area contributed by atoms with Crippen LogP contribution in [0.2, 0.25) is 0 Å². The maximum absolute atomic E-state index is 11.9. The van der Waals surface area contributed by atoms with Gasteiger partial charge in [-0.05, 0) is 24.1 Å². The predicted octanol–water partition coefficient (Wildman–Crippen LogP) is 1.74. The van der Waals surface area contributed by atoms with Gasteiger partial charge in [0.2, 0.25) is 10.0 Å². The van der Waals surface area contributed by atoms with Crippen LogP contribution in [0.1, 0.15) is 16.7 Å². The molecule has 0 saturated heterocycles. The SMILES string of the molecule is Cc1ccc(/C=C/S(=O)(=O)NCC(=O)OCC(=O)NCc2ccccc2)cc1. The van der Waals surface area contributed by atoms with Gasteiger partial charge in [0.15, 0.2) is 6.61 Å². The van der Waals surface area contributed by atoms with Crippen molar-refractivity contribution in [3.8, 4) is 0 Å². The van der Waals surface area contributed by atoms with Crippen molar-refractivity contribution in [2.75, 3.05) is 13.2 Å². The summed E-state index contributed by atoms with van der Waals surface area (Å²) < 4.78 is 30.6. The van der Waals surface area contributed by atoms with Crippen LogP contribution in [0.25, 0.3) is 6.08 Å². The summed E-state index contributed by atoms with van der Waals surface area (Å²) in [6, 6.07) is 16.6. The van der Waals surface area contributed by atoms with E-state index in [0.29, 0.717) is 12.1 Å². The molecular weight excluding hydrogens is 380 g/mol. The van der Waals surface area contributed by atoms with Crippen LogP contribution in [0.3, 0.4) is 0 Å². The highest BCUT2D eigenvalue weighted by molar-refractivity contribution is 7.92.